The van der Waals surface area contributed by atoms with E-state index in [1.807, 2.05) is 32.9 Å². The lowest BCUT2D eigenvalue weighted by Gasteiger charge is -2.31. The number of sulfonamides is 1. The fraction of sp³-hybridized carbons (Fsp3) is 0.650. The number of nitrogens with zero attached hydrogens (tertiary/aromatic N) is 1. The van der Waals surface area contributed by atoms with E-state index < -0.39 is 16.1 Å². The Balaban J connectivity index is 2.20. The second kappa shape index (κ2) is 8.89. The van der Waals surface area contributed by atoms with Crippen LogP contribution in [0.2, 0.25) is 0 Å². The van der Waals surface area contributed by atoms with Crippen LogP contribution in [0.3, 0.4) is 0 Å². The molecule has 0 saturated heterocycles. The molecule has 1 atom stereocenters. The molecule has 6 heteroatoms. The second-order valence-corrected chi connectivity index (χ2v) is 9.36. The molecule has 0 radical (unpaired) electrons. The maximum Gasteiger partial charge on any atom is 0.243 e. The summed E-state index contributed by atoms with van der Waals surface area (Å²) >= 11 is 0. The van der Waals surface area contributed by atoms with E-state index in [-0.39, 0.29) is 5.91 Å². The van der Waals surface area contributed by atoms with Crippen LogP contribution in [0.25, 0.3) is 0 Å². The number of hydrogen-bond acceptors (Lipinski definition) is 3. The smallest absolute Gasteiger partial charge is 0.243 e. The second-order valence-electron chi connectivity index (χ2n) is 7.50. The van der Waals surface area contributed by atoms with E-state index in [0.717, 1.165) is 24.0 Å². The molecule has 0 spiro atoms. The highest BCUT2D eigenvalue weighted by Crippen LogP contribution is 2.26. The first-order valence-electron chi connectivity index (χ1n) is 9.58. The number of rotatable bonds is 7. The molecular weight excluding hydrogens is 348 g/mol. The molecule has 2 rings (SSSR count). The van der Waals surface area contributed by atoms with Crippen molar-refractivity contribution in [1.29, 1.82) is 0 Å². The van der Waals surface area contributed by atoms with Crippen LogP contribution in [0.1, 0.15) is 56.6 Å². The molecule has 1 amide bonds. The van der Waals surface area contributed by atoms with E-state index in [9.17, 15) is 13.2 Å². The third kappa shape index (κ3) is 5.22. The summed E-state index contributed by atoms with van der Waals surface area (Å²) in [5, 5.41) is 3.01. The van der Waals surface area contributed by atoms with Gasteiger partial charge in [0.1, 0.15) is 6.04 Å². The first-order valence-corrected chi connectivity index (χ1v) is 11.4. The molecule has 146 valence electrons. The number of amides is 1. The van der Waals surface area contributed by atoms with E-state index in [1.54, 1.807) is 6.07 Å². The first kappa shape index (κ1) is 20.7. The van der Waals surface area contributed by atoms with Crippen LogP contribution in [0, 0.1) is 19.8 Å². The molecule has 0 aliphatic heterocycles. The molecular formula is C20H32N2O3S. The summed E-state index contributed by atoms with van der Waals surface area (Å²) in [6.45, 7) is 6.42. The molecule has 1 fully saturated rings. The van der Waals surface area contributed by atoms with Gasteiger partial charge < -0.3 is 5.32 Å². The number of nitrogens with one attached hydrogen (secondary N) is 1. The SMILES string of the molecule is CC[C@@H](C(=O)NCC1CCCCC1)N(c1ccc(C)c(C)c1)S(C)(=O)=O. The van der Waals surface area contributed by atoms with Crippen LogP contribution in [-0.4, -0.2) is 33.2 Å². The highest BCUT2D eigenvalue weighted by Gasteiger charge is 2.31. The van der Waals surface area contributed by atoms with Gasteiger partial charge in [0, 0.05) is 6.54 Å². The zero-order valence-corrected chi connectivity index (χ0v) is 17.2. The van der Waals surface area contributed by atoms with Crippen molar-refractivity contribution in [2.75, 3.05) is 17.1 Å². The normalized spacial score (nSPS) is 16.9. The highest BCUT2D eigenvalue weighted by atomic mass is 32.2. The van der Waals surface area contributed by atoms with Crippen molar-refractivity contribution in [1.82, 2.24) is 5.32 Å². The molecule has 1 N–H and O–H groups in total. The average Bonchev–Trinajstić information content (AvgIpc) is 2.60. The minimum atomic E-state index is -3.57. The van der Waals surface area contributed by atoms with Crippen LogP contribution in [0.4, 0.5) is 5.69 Å². The number of benzene rings is 1. The van der Waals surface area contributed by atoms with Crippen molar-refractivity contribution >= 4 is 21.6 Å². The zero-order chi connectivity index (χ0) is 19.3. The predicted molar refractivity (Wildman–Crippen MR) is 107 cm³/mol. The summed E-state index contributed by atoms with van der Waals surface area (Å²) in [5.74, 6) is 0.306. The number of carbonyl (C=O) groups is 1. The molecule has 0 unspecified atom stereocenters. The number of aryl methyl sites for hydroxylation is 2. The van der Waals surface area contributed by atoms with E-state index in [1.165, 1.54) is 29.8 Å². The monoisotopic (exact) mass is 380 g/mol. The first-order chi connectivity index (χ1) is 12.2. The van der Waals surface area contributed by atoms with Gasteiger partial charge in [0.25, 0.3) is 0 Å². The Kier molecular flexibility index (Phi) is 7.09. The van der Waals surface area contributed by atoms with Gasteiger partial charge in [-0.25, -0.2) is 8.42 Å². The molecule has 26 heavy (non-hydrogen) atoms. The van der Waals surface area contributed by atoms with Crippen molar-refractivity contribution in [3.8, 4) is 0 Å². The third-order valence-electron chi connectivity index (χ3n) is 5.36. The van der Waals surface area contributed by atoms with Crippen LogP contribution in [-0.2, 0) is 14.8 Å². The predicted octanol–water partition coefficient (Wildman–Crippen LogP) is 3.54. The van der Waals surface area contributed by atoms with Gasteiger partial charge in [0.05, 0.1) is 11.9 Å². The Labute approximate surface area is 158 Å². The summed E-state index contributed by atoms with van der Waals surface area (Å²) in [6, 6.07) is 4.79. The fourth-order valence-electron chi connectivity index (χ4n) is 3.68. The zero-order valence-electron chi connectivity index (χ0n) is 16.4. The maximum atomic E-state index is 12.8. The van der Waals surface area contributed by atoms with Gasteiger partial charge in [-0.2, -0.15) is 0 Å². The molecule has 0 heterocycles. The Morgan fingerprint density at radius 2 is 1.85 bits per heavy atom. The highest BCUT2D eigenvalue weighted by molar-refractivity contribution is 7.92. The van der Waals surface area contributed by atoms with Crippen molar-refractivity contribution < 1.29 is 13.2 Å². The van der Waals surface area contributed by atoms with E-state index in [0.29, 0.717) is 24.6 Å². The maximum absolute atomic E-state index is 12.8. The van der Waals surface area contributed by atoms with Gasteiger partial charge in [-0.3, -0.25) is 9.10 Å². The molecule has 1 aliphatic rings. The largest absolute Gasteiger partial charge is 0.354 e. The lowest BCUT2D eigenvalue weighted by atomic mass is 9.89. The molecule has 1 aromatic carbocycles. The number of anilines is 1. The Hall–Kier alpha value is -1.56. The van der Waals surface area contributed by atoms with Crippen molar-refractivity contribution in [2.24, 2.45) is 5.92 Å². The standard InChI is InChI=1S/C20H32N2O3S/c1-5-19(20(23)21-14-17-9-7-6-8-10-17)22(26(4,24)25)18-12-11-15(2)16(3)13-18/h11-13,17,19H,5-10,14H2,1-4H3,(H,21,23)/t19-/m0/s1. The van der Waals surface area contributed by atoms with Gasteiger partial charge in [-0.15, -0.1) is 0 Å². The van der Waals surface area contributed by atoms with Gasteiger partial charge >= 0.3 is 0 Å². The Bertz CT molecular complexity index is 725. The minimum absolute atomic E-state index is 0.207. The van der Waals surface area contributed by atoms with Crippen LogP contribution >= 0.6 is 0 Å². The number of hydrogen-bond donors (Lipinski definition) is 1. The van der Waals surface area contributed by atoms with Crippen LogP contribution in [0.5, 0.6) is 0 Å². The van der Waals surface area contributed by atoms with Gasteiger partial charge in [-0.05, 0) is 62.3 Å². The quantitative estimate of drug-likeness (QED) is 0.787. The lowest BCUT2D eigenvalue weighted by Crippen LogP contribution is -2.50. The lowest BCUT2D eigenvalue weighted by molar-refractivity contribution is -0.122. The van der Waals surface area contributed by atoms with Crippen molar-refractivity contribution in [3.63, 3.8) is 0 Å². The van der Waals surface area contributed by atoms with Crippen LogP contribution in [0.15, 0.2) is 18.2 Å². The minimum Gasteiger partial charge on any atom is -0.354 e. The van der Waals surface area contributed by atoms with E-state index in [4.69, 9.17) is 0 Å². The summed E-state index contributed by atoms with van der Waals surface area (Å²) in [7, 11) is -3.57. The summed E-state index contributed by atoms with van der Waals surface area (Å²) in [5.41, 5.74) is 2.65. The molecule has 0 aromatic heterocycles. The van der Waals surface area contributed by atoms with Gasteiger partial charge in [-0.1, -0.05) is 32.3 Å². The molecule has 0 bridgehead atoms. The van der Waals surface area contributed by atoms with E-state index in [2.05, 4.69) is 5.32 Å². The molecule has 1 saturated carbocycles. The van der Waals surface area contributed by atoms with Crippen molar-refractivity contribution in [2.45, 2.75) is 65.3 Å². The average molecular weight is 381 g/mol. The summed E-state index contributed by atoms with van der Waals surface area (Å²) in [6.07, 6.45) is 7.59. The van der Waals surface area contributed by atoms with Crippen molar-refractivity contribution in [3.05, 3.63) is 29.3 Å². The molecule has 1 aromatic rings. The summed E-state index contributed by atoms with van der Waals surface area (Å²) in [4.78, 5) is 12.8. The van der Waals surface area contributed by atoms with E-state index >= 15 is 0 Å². The summed E-state index contributed by atoms with van der Waals surface area (Å²) < 4.78 is 26.2. The number of carbonyl (C=O) groups excluding carboxylic acids is 1. The molecule has 5 nitrogen and oxygen atoms in total. The molecule has 1 aliphatic carbocycles. The fourth-order valence-corrected chi connectivity index (χ4v) is 4.88. The topological polar surface area (TPSA) is 66.5 Å². The van der Waals surface area contributed by atoms with Gasteiger partial charge in [0.15, 0.2) is 0 Å². The van der Waals surface area contributed by atoms with Crippen LogP contribution < -0.4 is 9.62 Å². The Morgan fingerprint density at radius 1 is 1.19 bits per heavy atom. The third-order valence-corrected chi connectivity index (χ3v) is 6.54. The Morgan fingerprint density at radius 3 is 2.38 bits per heavy atom. The van der Waals surface area contributed by atoms with Gasteiger partial charge in [0.2, 0.25) is 15.9 Å².